The van der Waals surface area contributed by atoms with Crippen LogP contribution in [-0.4, -0.2) is 40.1 Å². The molecule has 0 spiro atoms. The van der Waals surface area contributed by atoms with E-state index < -0.39 is 0 Å². The summed E-state index contributed by atoms with van der Waals surface area (Å²) >= 11 is 3.47. The zero-order valence-corrected chi connectivity index (χ0v) is 13.6. The predicted octanol–water partition coefficient (Wildman–Crippen LogP) is 1.89. The number of benzene rings is 1. The van der Waals surface area contributed by atoms with E-state index in [9.17, 15) is 0 Å². The zero-order chi connectivity index (χ0) is 14.8. The molecule has 0 saturated heterocycles. The van der Waals surface area contributed by atoms with Gasteiger partial charge in [-0.15, -0.1) is 0 Å². The van der Waals surface area contributed by atoms with E-state index in [1.165, 1.54) is 0 Å². The molecule has 0 aliphatic heterocycles. The van der Waals surface area contributed by atoms with Gasteiger partial charge in [0.2, 0.25) is 0 Å². The largest absolute Gasteiger partial charge is 0.496 e. The normalized spacial score (nSPS) is 12.4. The Morgan fingerprint density at radius 1 is 1.25 bits per heavy atom. The van der Waals surface area contributed by atoms with Crippen molar-refractivity contribution in [1.29, 1.82) is 0 Å². The van der Waals surface area contributed by atoms with Crippen LogP contribution < -0.4 is 16.0 Å². The van der Waals surface area contributed by atoms with Crippen LogP contribution in [-0.2, 0) is 15.9 Å². The van der Waals surface area contributed by atoms with E-state index in [0.29, 0.717) is 19.8 Å². The van der Waals surface area contributed by atoms with E-state index in [1.54, 1.807) is 14.2 Å². The molecule has 0 radical (unpaired) electrons. The lowest BCUT2D eigenvalue weighted by atomic mass is 10.0. The molecule has 0 amide bonds. The number of hydrazine groups is 1. The molecular formula is C14H23BrN2O3. The van der Waals surface area contributed by atoms with Gasteiger partial charge in [-0.2, -0.15) is 0 Å². The van der Waals surface area contributed by atoms with Crippen LogP contribution in [0.2, 0.25) is 0 Å². The fourth-order valence-electron chi connectivity index (χ4n) is 1.89. The van der Waals surface area contributed by atoms with E-state index in [0.717, 1.165) is 28.6 Å². The van der Waals surface area contributed by atoms with Crippen LogP contribution in [0.4, 0.5) is 0 Å². The maximum Gasteiger partial charge on any atom is 0.122 e. The number of halogens is 1. The molecule has 0 aliphatic carbocycles. The molecule has 1 atom stereocenters. The number of ether oxygens (including phenoxy) is 3. The van der Waals surface area contributed by atoms with Crippen LogP contribution in [0.1, 0.15) is 12.0 Å². The van der Waals surface area contributed by atoms with Gasteiger partial charge in [0, 0.05) is 24.2 Å². The van der Waals surface area contributed by atoms with Crippen LogP contribution in [0.3, 0.4) is 0 Å². The van der Waals surface area contributed by atoms with Crippen molar-refractivity contribution in [2.24, 2.45) is 5.84 Å². The van der Waals surface area contributed by atoms with Crippen molar-refractivity contribution in [2.75, 3.05) is 34.0 Å². The highest BCUT2D eigenvalue weighted by Gasteiger charge is 2.12. The van der Waals surface area contributed by atoms with Gasteiger partial charge in [-0.3, -0.25) is 11.3 Å². The van der Waals surface area contributed by atoms with Gasteiger partial charge in [-0.25, -0.2) is 0 Å². The molecule has 0 heterocycles. The molecular weight excluding hydrogens is 324 g/mol. The van der Waals surface area contributed by atoms with Gasteiger partial charge in [-0.1, -0.05) is 15.9 Å². The minimum atomic E-state index is 0.140. The molecule has 1 rings (SSSR count). The third-order valence-corrected chi connectivity index (χ3v) is 3.48. The molecule has 3 N–H and O–H groups in total. The molecule has 114 valence electrons. The summed E-state index contributed by atoms with van der Waals surface area (Å²) in [6, 6.07) is 6.10. The maximum absolute atomic E-state index is 5.61. The average molecular weight is 347 g/mol. The number of rotatable bonds is 10. The first-order valence-electron chi connectivity index (χ1n) is 6.56. The third-order valence-electron chi connectivity index (χ3n) is 2.99. The lowest BCUT2D eigenvalue weighted by Crippen LogP contribution is -2.37. The molecule has 0 aliphatic rings. The predicted molar refractivity (Wildman–Crippen MR) is 82.8 cm³/mol. The number of hydrogen-bond donors (Lipinski definition) is 2. The molecule has 0 fully saturated rings. The van der Waals surface area contributed by atoms with Crippen LogP contribution in [0.25, 0.3) is 0 Å². The van der Waals surface area contributed by atoms with E-state index >= 15 is 0 Å². The van der Waals surface area contributed by atoms with Crippen molar-refractivity contribution in [2.45, 2.75) is 18.9 Å². The van der Waals surface area contributed by atoms with Crippen molar-refractivity contribution in [3.05, 3.63) is 28.2 Å². The summed E-state index contributed by atoms with van der Waals surface area (Å²) in [6.07, 6.45) is 1.61. The fourth-order valence-corrected chi connectivity index (χ4v) is 2.29. The Balaban J connectivity index is 2.48. The quantitative estimate of drug-likeness (QED) is 0.384. The lowest BCUT2D eigenvalue weighted by Gasteiger charge is -2.18. The molecule has 0 bridgehead atoms. The molecule has 0 aromatic heterocycles. The number of nitrogens with one attached hydrogen (secondary N) is 1. The number of nitrogens with two attached hydrogens (primary N) is 1. The first kappa shape index (κ1) is 17.4. The maximum atomic E-state index is 5.61. The van der Waals surface area contributed by atoms with Gasteiger partial charge >= 0.3 is 0 Å². The van der Waals surface area contributed by atoms with Crippen LogP contribution in [0, 0.1) is 0 Å². The van der Waals surface area contributed by atoms with Gasteiger partial charge in [-0.05, 0) is 36.6 Å². The van der Waals surface area contributed by atoms with Crippen LogP contribution >= 0.6 is 15.9 Å². The highest BCUT2D eigenvalue weighted by molar-refractivity contribution is 9.10. The van der Waals surface area contributed by atoms with Crippen molar-refractivity contribution >= 4 is 15.9 Å². The Kier molecular flexibility index (Phi) is 8.80. The zero-order valence-electron chi connectivity index (χ0n) is 12.0. The first-order valence-corrected chi connectivity index (χ1v) is 7.35. The third kappa shape index (κ3) is 6.19. The minimum Gasteiger partial charge on any atom is -0.496 e. The van der Waals surface area contributed by atoms with Crippen molar-refractivity contribution in [1.82, 2.24) is 5.43 Å². The topological polar surface area (TPSA) is 65.7 Å². The van der Waals surface area contributed by atoms with E-state index in [2.05, 4.69) is 27.4 Å². The Labute approximate surface area is 128 Å². The van der Waals surface area contributed by atoms with Crippen LogP contribution in [0.5, 0.6) is 5.75 Å². The molecule has 1 aromatic carbocycles. The van der Waals surface area contributed by atoms with E-state index in [-0.39, 0.29) is 6.04 Å². The summed E-state index contributed by atoms with van der Waals surface area (Å²) in [5, 5.41) is 0. The van der Waals surface area contributed by atoms with Gasteiger partial charge in [0.05, 0.1) is 20.3 Å². The number of methoxy groups -OCH3 is 2. The Morgan fingerprint density at radius 2 is 2.05 bits per heavy atom. The second kappa shape index (κ2) is 10.1. The minimum absolute atomic E-state index is 0.140. The molecule has 20 heavy (non-hydrogen) atoms. The Hall–Kier alpha value is -0.660. The summed E-state index contributed by atoms with van der Waals surface area (Å²) in [5.74, 6) is 6.48. The molecule has 0 saturated carbocycles. The van der Waals surface area contributed by atoms with Crippen molar-refractivity contribution in [3.8, 4) is 5.75 Å². The van der Waals surface area contributed by atoms with Crippen molar-refractivity contribution < 1.29 is 14.2 Å². The molecule has 5 nitrogen and oxygen atoms in total. The smallest absolute Gasteiger partial charge is 0.122 e. The number of hydrogen-bond acceptors (Lipinski definition) is 5. The SMILES string of the molecule is COCCOCCC(Cc1cc(Br)ccc1OC)NN. The molecule has 1 aromatic rings. The standard InChI is InChI=1S/C14H23BrN2O3/c1-18-7-8-20-6-5-13(17-16)10-11-9-12(15)3-4-14(11)19-2/h3-4,9,13,17H,5-8,10,16H2,1-2H3. The fraction of sp³-hybridized carbons (Fsp3) is 0.571. The highest BCUT2D eigenvalue weighted by Crippen LogP contribution is 2.24. The summed E-state index contributed by atoms with van der Waals surface area (Å²) < 4.78 is 16.8. The monoisotopic (exact) mass is 346 g/mol. The molecule has 6 heteroatoms. The second-order valence-electron chi connectivity index (χ2n) is 4.42. The van der Waals surface area contributed by atoms with Gasteiger partial charge in [0.25, 0.3) is 0 Å². The average Bonchev–Trinajstić information content (AvgIpc) is 2.46. The van der Waals surface area contributed by atoms with Gasteiger partial charge < -0.3 is 14.2 Å². The van der Waals surface area contributed by atoms with Gasteiger partial charge in [0.1, 0.15) is 5.75 Å². The molecule has 1 unspecified atom stereocenters. The van der Waals surface area contributed by atoms with Crippen LogP contribution in [0.15, 0.2) is 22.7 Å². The van der Waals surface area contributed by atoms with Gasteiger partial charge in [0.15, 0.2) is 0 Å². The Morgan fingerprint density at radius 3 is 2.70 bits per heavy atom. The van der Waals surface area contributed by atoms with E-state index in [4.69, 9.17) is 20.1 Å². The van der Waals surface area contributed by atoms with E-state index in [1.807, 2.05) is 12.1 Å². The second-order valence-corrected chi connectivity index (χ2v) is 5.33. The summed E-state index contributed by atoms with van der Waals surface area (Å²) in [5.41, 5.74) is 3.94. The summed E-state index contributed by atoms with van der Waals surface area (Å²) in [4.78, 5) is 0. The highest BCUT2D eigenvalue weighted by atomic mass is 79.9. The summed E-state index contributed by atoms with van der Waals surface area (Å²) in [6.45, 7) is 1.86. The lowest BCUT2D eigenvalue weighted by molar-refractivity contribution is 0.0658. The first-order chi connectivity index (χ1) is 9.71. The Bertz CT molecular complexity index is 391. The summed E-state index contributed by atoms with van der Waals surface area (Å²) in [7, 11) is 3.33. The van der Waals surface area contributed by atoms with Crippen molar-refractivity contribution in [3.63, 3.8) is 0 Å².